The molecule has 6 nitrogen and oxygen atoms in total. The maximum absolute atomic E-state index is 12.9. The molecule has 0 saturated carbocycles. The van der Waals surface area contributed by atoms with Crippen molar-refractivity contribution in [3.05, 3.63) is 30.1 Å². The molecule has 0 aliphatic carbocycles. The van der Waals surface area contributed by atoms with Crippen molar-refractivity contribution < 1.29 is 18.0 Å². The van der Waals surface area contributed by atoms with Crippen LogP contribution in [0.2, 0.25) is 0 Å². The number of hydrogen-bond donors (Lipinski definition) is 1. The van der Waals surface area contributed by atoms with Gasteiger partial charge in [0.1, 0.15) is 11.5 Å². The van der Waals surface area contributed by atoms with Crippen LogP contribution in [0.1, 0.15) is 19.0 Å². The predicted molar refractivity (Wildman–Crippen MR) is 92.0 cm³/mol. The zero-order valence-corrected chi connectivity index (χ0v) is 14.4. The summed E-state index contributed by atoms with van der Waals surface area (Å²) in [6.07, 6.45) is -2.26. The maximum Gasteiger partial charge on any atom is 0.433 e. The van der Waals surface area contributed by atoms with Gasteiger partial charge in [-0.25, -0.2) is 14.8 Å². The molecule has 0 aromatic carbocycles. The average Bonchev–Trinajstić information content (AvgIpc) is 2.86. The third kappa shape index (κ3) is 3.81. The Morgan fingerprint density at radius 2 is 2.00 bits per heavy atom. The number of nitrogens with zero attached hydrogens (tertiary/aromatic N) is 4. The molecule has 2 amide bonds. The van der Waals surface area contributed by atoms with Gasteiger partial charge in [-0.05, 0) is 31.5 Å². The minimum absolute atomic E-state index is 0.100. The minimum Gasteiger partial charge on any atom is -0.354 e. The number of hydrogen-bond acceptors (Lipinski definition) is 4. The van der Waals surface area contributed by atoms with Crippen molar-refractivity contribution >= 4 is 22.8 Å². The number of pyridine rings is 2. The molecular formula is C17H20F3N5O. The van der Waals surface area contributed by atoms with Crippen molar-refractivity contribution in [1.29, 1.82) is 0 Å². The largest absolute Gasteiger partial charge is 0.433 e. The van der Waals surface area contributed by atoms with E-state index >= 15 is 0 Å². The number of amides is 2. The van der Waals surface area contributed by atoms with Gasteiger partial charge in [0.15, 0.2) is 0 Å². The third-order valence-electron chi connectivity index (χ3n) is 4.30. The lowest BCUT2D eigenvalue weighted by Crippen LogP contribution is -2.42. The Labute approximate surface area is 149 Å². The first-order valence-corrected chi connectivity index (χ1v) is 8.51. The Morgan fingerprint density at radius 1 is 1.19 bits per heavy atom. The van der Waals surface area contributed by atoms with Gasteiger partial charge in [-0.3, -0.25) is 0 Å². The van der Waals surface area contributed by atoms with Gasteiger partial charge in [-0.15, -0.1) is 0 Å². The summed E-state index contributed by atoms with van der Waals surface area (Å²) < 4.78 is 38.6. The Hall–Kier alpha value is -2.58. The van der Waals surface area contributed by atoms with Gasteiger partial charge in [-0.1, -0.05) is 0 Å². The van der Waals surface area contributed by atoms with Crippen LogP contribution < -0.4 is 10.2 Å². The number of anilines is 1. The van der Waals surface area contributed by atoms with Crippen LogP contribution in [0, 0.1) is 0 Å². The van der Waals surface area contributed by atoms with Crippen LogP contribution in [0.3, 0.4) is 0 Å². The smallest absolute Gasteiger partial charge is 0.354 e. The lowest BCUT2D eigenvalue weighted by molar-refractivity contribution is -0.140. The summed E-state index contributed by atoms with van der Waals surface area (Å²) in [6.45, 7) is 4.82. The third-order valence-corrected chi connectivity index (χ3v) is 4.30. The molecule has 3 rings (SSSR count). The van der Waals surface area contributed by atoms with E-state index in [1.165, 1.54) is 18.3 Å². The lowest BCUT2D eigenvalue weighted by Gasteiger charge is -2.24. The summed E-state index contributed by atoms with van der Waals surface area (Å²) in [5.41, 5.74) is -0.657. The first kappa shape index (κ1) is 18.2. The Bertz CT molecular complexity index is 796. The molecule has 140 valence electrons. The van der Waals surface area contributed by atoms with Crippen LogP contribution in [0.25, 0.3) is 10.9 Å². The summed E-state index contributed by atoms with van der Waals surface area (Å²) in [5, 5.41) is 3.36. The molecule has 26 heavy (non-hydrogen) atoms. The molecule has 0 spiro atoms. The van der Waals surface area contributed by atoms with Crippen molar-refractivity contribution in [3.8, 4) is 0 Å². The van der Waals surface area contributed by atoms with Gasteiger partial charge in [0.2, 0.25) is 0 Å². The number of halogens is 3. The maximum atomic E-state index is 12.9. The molecule has 1 fully saturated rings. The summed E-state index contributed by atoms with van der Waals surface area (Å²) in [6, 6.07) is 3.77. The Morgan fingerprint density at radius 3 is 2.73 bits per heavy atom. The fraction of sp³-hybridized carbons (Fsp3) is 0.471. The zero-order chi connectivity index (χ0) is 18.7. The second-order valence-corrected chi connectivity index (χ2v) is 6.06. The highest BCUT2D eigenvalue weighted by molar-refractivity contribution is 5.89. The van der Waals surface area contributed by atoms with Crippen LogP contribution in [-0.4, -0.2) is 53.6 Å². The molecule has 2 aromatic rings. The van der Waals surface area contributed by atoms with Crippen LogP contribution >= 0.6 is 0 Å². The highest BCUT2D eigenvalue weighted by atomic mass is 19.4. The van der Waals surface area contributed by atoms with Crippen LogP contribution in [0.4, 0.5) is 23.8 Å². The molecular weight excluding hydrogens is 347 g/mol. The van der Waals surface area contributed by atoms with E-state index < -0.39 is 11.9 Å². The van der Waals surface area contributed by atoms with Crippen molar-refractivity contribution in [3.63, 3.8) is 0 Å². The van der Waals surface area contributed by atoms with Gasteiger partial charge in [0.05, 0.1) is 5.52 Å². The first-order chi connectivity index (χ1) is 12.4. The van der Waals surface area contributed by atoms with Gasteiger partial charge in [-0.2, -0.15) is 13.2 Å². The molecule has 1 aliphatic heterocycles. The summed E-state index contributed by atoms with van der Waals surface area (Å²) >= 11 is 0. The van der Waals surface area contributed by atoms with E-state index in [4.69, 9.17) is 0 Å². The molecule has 1 aliphatic rings. The van der Waals surface area contributed by atoms with E-state index in [2.05, 4.69) is 15.3 Å². The Kier molecular flexibility index (Phi) is 5.15. The number of aromatic nitrogens is 2. The van der Waals surface area contributed by atoms with Crippen LogP contribution in [-0.2, 0) is 6.18 Å². The second kappa shape index (κ2) is 7.35. The topological polar surface area (TPSA) is 61.4 Å². The van der Waals surface area contributed by atoms with E-state index in [9.17, 15) is 18.0 Å². The van der Waals surface area contributed by atoms with E-state index in [-0.39, 0.29) is 11.5 Å². The number of fused-ring (bicyclic) bond motifs is 1. The molecule has 9 heteroatoms. The quantitative estimate of drug-likeness (QED) is 0.887. The monoisotopic (exact) mass is 367 g/mol. The molecule has 0 atom stereocenters. The van der Waals surface area contributed by atoms with Gasteiger partial charge in [0.25, 0.3) is 0 Å². The van der Waals surface area contributed by atoms with E-state index in [0.29, 0.717) is 43.9 Å². The zero-order valence-electron chi connectivity index (χ0n) is 14.4. The second-order valence-electron chi connectivity index (χ2n) is 6.06. The van der Waals surface area contributed by atoms with Crippen LogP contribution in [0.5, 0.6) is 0 Å². The normalized spacial score (nSPS) is 15.8. The number of rotatable bonds is 2. The molecule has 0 radical (unpaired) electrons. The summed E-state index contributed by atoms with van der Waals surface area (Å²) in [7, 11) is 0. The number of carbonyl (C=O) groups excluding carboxylic acids is 1. The fourth-order valence-electron chi connectivity index (χ4n) is 3.04. The van der Waals surface area contributed by atoms with Crippen molar-refractivity contribution in [1.82, 2.24) is 20.2 Å². The SMILES string of the molecule is CCNC(=O)N1CCCN(c2nccc3nc(C(F)(F)F)ccc23)CC1. The molecule has 1 N–H and O–H groups in total. The number of nitrogens with one attached hydrogen (secondary N) is 1. The summed E-state index contributed by atoms with van der Waals surface area (Å²) in [4.78, 5) is 23.8. The average molecular weight is 367 g/mol. The van der Waals surface area contributed by atoms with Crippen molar-refractivity contribution in [2.24, 2.45) is 0 Å². The van der Waals surface area contributed by atoms with E-state index in [1.807, 2.05) is 11.8 Å². The standard InChI is InChI=1S/C17H20F3N5O/c1-2-21-16(26)25-9-3-8-24(10-11-25)15-12-4-5-14(17(18,19)20)23-13(12)6-7-22-15/h4-7H,2-3,8-11H2,1H3,(H,21,26). The molecule has 3 heterocycles. The molecule has 2 aromatic heterocycles. The minimum atomic E-state index is -4.48. The van der Waals surface area contributed by atoms with E-state index in [0.717, 1.165) is 12.5 Å². The number of alkyl halides is 3. The predicted octanol–water partition coefficient (Wildman–Crippen LogP) is 2.89. The van der Waals surface area contributed by atoms with Gasteiger partial charge in [0, 0.05) is 44.3 Å². The highest BCUT2D eigenvalue weighted by Gasteiger charge is 2.32. The summed E-state index contributed by atoms with van der Waals surface area (Å²) in [5.74, 6) is 0.599. The van der Waals surface area contributed by atoms with Gasteiger partial charge < -0.3 is 15.1 Å². The van der Waals surface area contributed by atoms with Crippen molar-refractivity contribution in [2.75, 3.05) is 37.6 Å². The number of carbonyl (C=O) groups is 1. The first-order valence-electron chi connectivity index (χ1n) is 8.51. The Balaban J connectivity index is 1.85. The molecule has 1 saturated heterocycles. The molecule has 0 bridgehead atoms. The lowest BCUT2D eigenvalue weighted by atomic mass is 10.2. The highest BCUT2D eigenvalue weighted by Crippen LogP contribution is 2.31. The fourth-order valence-corrected chi connectivity index (χ4v) is 3.04. The van der Waals surface area contributed by atoms with E-state index in [1.54, 1.807) is 4.90 Å². The number of urea groups is 1. The van der Waals surface area contributed by atoms with Crippen LogP contribution in [0.15, 0.2) is 24.4 Å². The van der Waals surface area contributed by atoms with Crippen molar-refractivity contribution in [2.45, 2.75) is 19.5 Å². The van der Waals surface area contributed by atoms with Gasteiger partial charge >= 0.3 is 12.2 Å². The molecule has 0 unspecified atom stereocenters.